The van der Waals surface area contributed by atoms with Gasteiger partial charge >= 0.3 is 5.97 Å². The van der Waals surface area contributed by atoms with Gasteiger partial charge in [0.2, 0.25) is 0 Å². The summed E-state index contributed by atoms with van der Waals surface area (Å²) in [5.74, 6) is -0.642. The zero-order chi connectivity index (χ0) is 25.7. The third kappa shape index (κ3) is 5.67. The number of thioether (sulfide) groups is 1. The number of rotatable bonds is 11. The molecule has 1 N–H and O–H groups in total. The minimum atomic E-state index is -0.528. The zero-order valence-electron chi connectivity index (χ0n) is 21.3. The molecule has 35 heavy (non-hydrogen) atoms. The largest absolute Gasteiger partial charge is 0.465 e. The number of ether oxygens (including phenoxy) is 1. The van der Waals surface area contributed by atoms with Crippen LogP contribution >= 0.6 is 11.8 Å². The molecule has 1 unspecified atom stereocenters. The summed E-state index contributed by atoms with van der Waals surface area (Å²) in [6, 6.07) is 7.28. The number of methoxy groups -OCH3 is 1. The number of nitrogens with one attached hydrogen (secondary N) is 1. The van der Waals surface area contributed by atoms with Gasteiger partial charge in [0, 0.05) is 12.2 Å². The van der Waals surface area contributed by atoms with Crippen LogP contribution in [-0.2, 0) is 11.3 Å². The first-order chi connectivity index (χ1) is 16.7. The van der Waals surface area contributed by atoms with Gasteiger partial charge < -0.3 is 14.6 Å². The summed E-state index contributed by atoms with van der Waals surface area (Å²) < 4.78 is 6.55. The van der Waals surface area contributed by atoms with Crippen LogP contribution in [0.4, 0.5) is 0 Å². The number of fused-ring (bicyclic) bond motifs is 1. The van der Waals surface area contributed by atoms with Gasteiger partial charge in [-0.25, -0.2) is 9.78 Å². The third-order valence-corrected chi connectivity index (χ3v) is 7.39. The highest BCUT2D eigenvalue weighted by Gasteiger charge is 2.27. The number of carbonyl (C=O) groups is 2. The Morgan fingerprint density at radius 3 is 2.54 bits per heavy atom. The van der Waals surface area contributed by atoms with Crippen LogP contribution < -0.4 is 5.56 Å². The molecule has 0 saturated heterocycles. The highest BCUT2D eigenvalue weighted by Crippen LogP contribution is 2.28. The van der Waals surface area contributed by atoms with Crippen molar-refractivity contribution in [3.8, 4) is 0 Å². The van der Waals surface area contributed by atoms with Gasteiger partial charge in [-0.3, -0.25) is 14.2 Å². The lowest BCUT2D eigenvalue weighted by atomic mass is 10.1. The molecule has 0 saturated carbocycles. The van der Waals surface area contributed by atoms with Gasteiger partial charge in [-0.1, -0.05) is 37.7 Å². The molecule has 0 aliphatic carbocycles. The molecule has 0 aliphatic heterocycles. The molecule has 1 aromatic carbocycles. The molecule has 0 spiro atoms. The van der Waals surface area contributed by atoms with E-state index in [0.29, 0.717) is 45.1 Å². The zero-order valence-corrected chi connectivity index (χ0v) is 22.1. The molecular formula is C26H34N4O4S. The molecule has 2 heterocycles. The van der Waals surface area contributed by atoms with E-state index < -0.39 is 11.2 Å². The molecule has 0 aliphatic rings. The maximum absolute atomic E-state index is 13.4. The molecule has 9 heteroatoms. The van der Waals surface area contributed by atoms with Crippen molar-refractivity contribution in [1.29, 1.82) is 0 Å². The lowest BCUT2D eigenvalue weighted by molar-refractivity contribution is 0.0599. The fraction of sp³-hybridized carbons (Fsp3) is 0.462. The summed E-state index contributed by atoms with van der Waals surface area (Å²) in [6.45, 7) is 12.8. The topological polar surface area (TPSA) is 97.3 Å². The normalized spacial score (nSPS) is 12.3. The molecule has 1 atom stereocenters. The molecule has 0 amide bonds. The number of esters is 1. The molecule has 0 bridgehead atoms. The number of hydrogen-bond donors (Lipinski definition) is 1. The molecule has 3 rings (SSSR count). The first-order valence-corrected chi connectivity index (χ1v) is 12.8. The van der Waals surface area contributed by atoms with E-state index in [2.05, 4.69) is 23.7 Å². The fourth-order valence-electron chi connectivity index (χ4n) is 4.25. The lowest BCUT2D eigenvalue weighted by Gasteiger charge is -2.19. The minimum Gasteiger partial charge on any atom is -0.465 e. The first kappa shape index (κ1) is 26.7. The van der Waals surface area contributed by atoms with Crippen molar-refractivity contribution < 1.29 is 14.3 Å². The quantitative estimate of drug-likeness (QED) is 0.183. The van der Waals surface area contributed by atoms with E-state index in [4.69, 9.17) is 9.72 Å². The molecule has 2 aromatic heterocycles. The predicted molar refractivity (Wildman–Crippen MR) is 140 cm³/mol. The van der Waals surface area contributed by atoms with Crippen LogP contribution in [0.1, 0.15) is 59.3 Å². The van der Waals surface area contributed by atoms with Crippen molar-refractivity contribution in [2.75, 3.05) is 26.7 Å². The number of aromatic nitrogens is 3. The Morgan fingerprint density at radius 1 is 1.20 bits per heavy atom. The summed E-state index contributed by atoms with van der Waals surface area (Å²) in [5.41, 5.74) is 2.42. The number of hydrogen-bond acceptors (Lipinski definition) is 7. The van der Waals surface area contributed by atoms with E-state index in [1.807, 2.05) is 18.2 Å². The number of nitrogens with zero attached hydrogens (tertiary/aromatic N) is 3. The number of aryl methyl sites for hydroxylation is 1. The van der Waals surface area contributed by atoms with Crippen LogP contribution in [0, 0.1) is 13.8 Å². The Bertz CT molecular complexity index is 1280. The molecule has 8 nitrogen and oxygen atoms in total. The number of aromatic amines is 1. The Balaban J connectivity index is 1.93. The van der Waals surface area contributed by atoms with Gasteiger partial charge in [0.05, 0.1) is 34.5 Å². The number of ketones is 1. The standard InChI is InChI=1S/C26H34N4O4S/c1-7-29(8-2)14-11-15-30-24(32)19-12-9-10-13-20(19)28-26(30)35-18(5)23(31)22-16(3)21(17(4)27-22)25(33)34-6/h9-10,12-13,18,27H,7-8,11,14-15H2,1-6H3. The van der Waals surface area contributed by atoms with Crippen molar-refractivity contribution in [2.45, 2.75) is 58.0 Å². The molecular weight excluding hydrogens is 464 g/mol. The van der Waals surface area contributed by atoms with E-state index in [1.54, 1.807) is 31.4 Å². The fourth-order valence-corrected chi connectivity index (χ4v) is 5.24. The van der Waals surface area contributed by atoms with Crippen LogP contribution in [-0.4, -0.2) is 63.2 Å². The minimum absolute atomic E-state index is 0.0998. The summed E-state index contributed by atoms with van der Waals surface area (Å²) in [6.07, 6.45) is 0.801. The van der Waals surface area contributed by atoms with E-state index in [0.717, 1.165) is 26.1 Å². The highest BCUT2D eigenvalue weighted by molar-refractivity contribution is 8.00. The smallest absolute Gasteiger partial charge is 0.339 e. The number of benzene rings is 1. The van der Waals surface area contributed by atoms with Gasteiger partial charge in [0.25, 0.3) is 5.56 Å². The van der Waals surface area contributed by atoms with E-state index in [-0.39, 0.29) is 11.3 Å². The van der Waals surface area contributed by atoms with E-state index in [1.165, 1.54) is 18.9 Å². The highest BCUT2D eigenvalue weighted by atomic mass is 32.2. The van der Waals surface area contributed by atoms with Crippen molar-refractivity contribution in [3.63, 3.8) is 0 Å². The Morgan fingerprint density at radius 2 is 1.89 bits per heavy atom. The van der Waals surface area contributed by atoms with Gasteiger partial charge in [-0.2, -0.15) is 0 Å². The van der Waals surface area contributed by atoms with Gasteiger partial charge in [-0.05, 0) is 64.5 Å². The maximum Gasteiger partial charge on any atom is 0.339 e. The Hall–Kier alpha value is -2.91. The third-order valence-electron chi connectivity index (χ3n) is 6.30. The second kappa shape index (κ2) is 11.7. The van der Waals surface area contributed by atoms with Crippen LogP contribution in [0.15, 0.2) is 34.2 Å². The average molecular weight is 499 g/mol. The Kier molecular flexibility index (Phi) is 8.91. The van der Waals surface area contributed by atoms with Crippen LogP contribution in [0.3, 0.4) is 0 Å². The van der Waals surface area contributed by atoms with Crippen LogP contribution in [0.5, 0.6) is 0 Å². The molecule has 0 fully saturated rings. The summed E-state index contributed by atoms with van der Waals surface area (Å²) in [4.78, 5) is 49.0. The molecule has 188 valence electrons. The van der Waals surface area contributed by atoms with Crippen LogP contribution in [0.25, 0.3) is 10.9 Å². The van der Waals surface area contributed by atoms with Gasteiger partial charge in [0.15, 0.2) is 10.9 Å². The average Bonchev–Trinajstić information content (AvgIpc) is 3.16. The number of H-pyrrole nitrogens is 1. The summed E-state index contributed by atoms with van der Waals surface area (Å²) in [5, 5.41) is 0.555. The number of para-hydroxylation sites is 1. The Labute approximate surface area is 210 Å². The van der Waals surface area contributed by atoms with Crippen LogP contribution in [0.2, 0.25) is 0 Å². The van der Waals surface area contributed by atoms with Gasteiger partial charge in [0.1, 0.15) is 0 Å². The monoisotopic (exact) mass is 498 g/mol. The summed E-state index contributed by atoms with van der Waals surface area (Å²) in [7, 11) is 1.32. The number of Topliss-reactive ketones (excluding diaryl/α,β-unsaturated/α-hetero) is 1. The second-order valence-electron chi connectivity index (χ2n) is 8.49. The van der Waals surface area contributed by atoms with E-state index >= 15 is 0 Å². The SMILES string of the molecule is CCN(CC)CCCn1c(SC(C)C(=O)c2[nH]c(C)c(C(=O)OC)c2C)nc2ccccc2c1=O. The van der Waals surface area contributed by atoms with Gasteiger partial charge in [-0.15, -0.1) is 0 Å². The van der Waals surface area contributed by atoms with E-state index in [9.17, 15) is 14.4 Å². The lowest BCUT2D eigenvalue weighted by Crippen LogP contribution is -2.29. The van der Waals surface area contributed by atoms with Crippen molar-refractivity contribution in [2.24, 2.45) is 0 Å². The van der Waals surface area contributed by atoms with Crippen molar-refractivity contribution in [1.82, 2.24) is 19.4 Å². The van der Waals surface area contributed by atoms with Crippen molar-refractivity contribution in [3.05, 3.63) is 57.1 Å². The molecule has 3 aromatic rings. The van der Waals surface area contributed by atoms with Crippen molar-refractivity contribution >= 4 is 34.4 Å². The number of carbonyl (C=O) groups excluding carboxylic acids is 2. The molecule has 0 radical (unpaired) electrons. The summed E-state index contributed by atoms with van der Waals surface area (Å²) >= 11 is 1.26. The predicted octanol–water partition coefficient (Wildman–Crippen LogP) is 4.22. The second-order valence-corrected chi connectivity index (χ2v) is 9.80. The maximum atomic E-state index is 13.4. The first-order valence-electron chi connectivity index (χ1n) is 11.9.